The Morgan fingerprint density at radius 3 is 2.35 bits per heavy atom. The monoisotopic (exact) mass is 464 g/mol. The molecule has 1 saturated heterocycles. The third-order valence-electron chi connectivity index (χ3n) is 6.23. The Morgan fingerprint density at radius 1 is 0.941 bits per heavy atom. The first-order valence-electron chi connectivity index (χ1n) is 12.6. The standard InChI is InChI=1S/C28H40N4O2/c1-22(2)20-26(33)30-27(24-11-5-4-6-12-24)28(34)29-14-7-8-15-31-16-18-32(19-17-31)25-13-9-10-23(3)21-25/h4-6,9-13,21-22,27H,7-8,14-20H2,1-3H3,(H,29,34)(H,30,33). The van der Waals surface area contributed by atoms with Crippen molar-refractivity contribution in [3.05, 3.63) is 65.7 Å². The van der Waals surface area contributed by atoms with E-state index in [4.69, 9.17) is 0 Å². The van der Waals surface area contributed by atoms with Gasteiger partial charge in [-0.2, -0.15) is 0 Å². The molecule has 2 amide bonds. The van der Waals surface area contributed by atoms with Crippen LogP contribution in [-0.4, -0.2) is 56.0 Å². The smallest absolute Gasteiger partial charge is 0.247 e. The summed E-state index contributed by atoms with van der Waals surface area (Å²) in [4.78, 5) is 30.2. The highest BCUT2D eigenvalue weighted by molar-refractivity contribution is 5.88. The normalized spacial score (nSPS) is 15.2. The van der Waals surface area contributed by atoms with Gasteiger partial charge in [-0.1, -0.05) is 56.3 Å². The Balaban J connectivity index is 1.38. The number of amides is 2. The number of carbonyl (C=O) groups excluding carboxylic acids is 2. The molecule has 2 N–H and O–H groups in total. The van der Waals surface area contributed by atoms with Crippen LogP contribution in [0.15, 0.2) is 54.6 Å². The van der Waals surface area contributed by atoms with E-state index in [0.29, 0.717) is 13.0 Å². The molecule has 1 atom stereocenters. The van der Waals surface area contributed by atoms with Crippen molar-refractivity contribution in [1.29, 1.82) is 0 Å². The maximum absolute atomic E-state index is 12.9. The molecule has 2 aromatic carbocycles. The van der Waals surface area contributed by atoms with E-state index in [1.54, 1.807) is 0 Å². The van der Waals surface area contributed by atoms with E-state index >= 15 is 0 Å². The molecular weight excluding hydrogens is 424 g/mol. The van der Waals surface area contributed by atoms with Crippen LogP contribution in [0.25, 0.3) is 0 Å². The average molecular weight is 465 g/mol. The van der Waals surface area contributed by atoms with Gasteiger partial charge < -0.3 is 15.5 Å². The van der Waals surface area contributed by atoms with Crippen molar-refractivity contribution in [2.24, 2.45) is 5.92 Å². The molecule has 0 aliphatic carbocycles. The summed E-state index contributed by atoms with van der Waals surface area (Å²) in [6.07, 6.45) is 2.37. The van der Waals surface area contributed by atoms with Crippen molar-refractivity contribution in [2.75, 3.05) is 44.2 Å². The summed E-state index contributed by atoms with van der Waals surface area (Å²) >= 11 is 0. The number of aryl methyl sites for hydroxylation is 1. The third-order valence-corrected chi connectivity index (χ3v) is 6.23. The lowest BCUT2D eigenvalue weighted by atomic mass is 10.0. The van der Waals surface area contributed by atoms with Crippen LogP contribution in [0, 0.1) is 12.8 Å². The van der Waals surface area contributed by atoms with Crippen LogP contribution in [0.2, 0.25) is 0 Å². The van der Waals surface area contributed by atoms with Gasteiger partial charge in [0, 0.05) is 44.8 Å². The predicted octanol–water partition coefficient (Wildman–Crippen LogP) is 3.92. The minimum atomic E-state index is -0.651. The predicted molar refractivity (Wildman–Crippen MR) is 139 cm³/mol. The molecule has 0 spiro atoms. The summed E-state index contributed by atoms with van der Waals surface area (Å²) in [6, 6.07) is 17.5. The van der Waals surface area contributed by atoms with Crippen molar-refractivity contribution in [3.8, 4) is 0 Å². The number of rotatable bonds is 11. The highest BCUT2D eigenvalue weighted by Crippen LogP contribution is 2.18. The fourth-order valence-electron chi connectivity index (χ4n) is 4.36. The molecule has 1 heterocycles. The van der Waals surface area contributed by atoms with Crippen LogP contribution < -0.4 is 15.5 Å². The van der Waals surface area contributed by atoms with Crippen LogP contribution in [-0.2, 0) is 9.59 Å². The lowest BCUT2D eigenvalue weighted by Crippen LogP contribution is -2.46. The van der Waals surface area contributed by atoms with Crippen molar-refractivity contribution in [2.45, 2.75) is 46.1 Å². The molecular formula is C28H40N4O2. The maximum atomic E-state index is 12.9. The minimum Gasteiger partial charge on any atom is -0.369 e. The highest BCUT2D eigenvalue weighted by atomic mass is 16.2. The molecule has 3 rings (SSSR count). The highest BCUT2D eigenvalue weighted by Gasteiger charge is 2.23. The molecule has 1 aliphatic heterocycles. The Kier molecular flexibility index (Phi) is 9.95. The van der Waals surface area contributed by atoms with Gasteiger partial charge in [0.15, 0.2) is 0 Å². The molecule has 1 aliphatic rings. The van der Waals surface area contributed by atoms with Crippen LogP contribution in [0.5, 0.6) is 0 Å². The Labute approximate surface area is 204 Å². The van der Waals surface area contributed by atoms with E-state index in [0.717, 1.165) is 51.1 Å². The Hall–Kier alpha value is -2.86. The number of anilines is 1. The molecule has 0 aromatic heterocycles. The molecule has 34 heavy (non-hydrogen) atoms. The zero-order valence-electron chi connectivity index (χ0n) is 20.9. The first kappa shape index (κ1) is 25.8. The van der Waals surface area contributed by atoms with Crippen molar-refractivity contribution in [1.82, 2.24) is 15.5 Å². The molecule has 184 valence electrons. The van der Waals surface area contributed by atoms with Crippen molar-refractivity contribution >= 4 is 17.5 Å². The first-order valence-corrected chi connectivity index (χ1v) is 12.6. The molecule has 0 bridgehead atoms. The van der Waals surface area contributed by atoms with E-state index in [2.05, 4.69) is 51.6 Å². The molecule has 1 unspecified atom stereocenters. The quantitative estimate of drug-likeness (QED) is 0.495. The molecule has 6 nitrogen and oxygen atoms in total. The number of piperazine rings is 1. The summed E-state index contributed by atoms with van der Waals surface area (Å²) in [5.41, 5.74) is 3.43. The number of unbranched alkanes of at least 4 members (excludes halogenated alkanes) is 1. The number of nitrogens with one attached hydrogen (secondary N) is 2. The van der Waals surface area contributed by atoms with Gasteiger partial charge in [0.05, 0.1) is 0 Å². The third kappa shape index (κ3) is 8.17. The van der Waals surface area contributed by atoms with Gasteiger partial charge in [0.2, 0.25) is 11.8 Å². The summed E-state index contributed by atoms with van der Waals surface area (Å²) < 4.78 is 0. The lowest BCUT2D eigenvalue weighted by Gasteiger charge is -2.36. The van der Waals surface area contributed by atoms with Crippen LogP contribution in [0.4, 0.5) is 5.69 Å². The van der Waals surface area contributed by atoms with Gasteiger partial charge in [0.1, 0.15) is 6.04 Å². The van der Waals surface area contributed by atoms with Crippen molar-refractivity contribution < 1.29 is 9.59 Å². The lowest BCUT2D eigenvalue weighted by molar-refractivity contribution is -0.129. The molecule has 6 heteroatoms. The maximum Gasteiger partial charge on any atom is 0.247 e. The Bertz CT molecular complexity index is 908. The van der Waals surface area contributed by atoms with Crippen LogP contribution in [0.1, 0.15) is 50.3 Å². The average Bonchev–Trinajstić information content (AvgIpc) is 2.82. The number of hydrogen-bond donors (Lipinski definition) is 2. The molecule has 0 radical (unpaired) electrons. The molecule has 0 saturated carbocycles. The van der Waals surface area contributed by atoms with E-state index in [1.807, 2.05) is 44.2 Å². The zero-order chi connectivity index (χ0) is 24.3. The van der Waals surface area contributed by atoms with Gasteiger partial charge in [-0.05, 0) is 55.5 Å². The fourth-order valence-corrected chi connectivity index (χ4v) is 4.36. The Morgan fingerprint density at radius 2 is 1.68 bits per heavy atom. The van der Waals surface area contributed by atoms with Gasteiger partial charge in [-0.15, -0.1) is 0 Å². The van der Waals surface area contributed by atoms with Crippen molar-refractivity contribution in [3.63, 3.8) is 0 Å². The minimum absolute atomic E-state index is 0.0937. The van der Waals surface area contributed by atoms with Crippen LogP contribution in [0.3, 0.4) is 0 Å². The summed E-state index contributed by atoms with van der Waals surface area (Å²) in [6.45, 7) is 12.0. The van der Waals surface area contributed by atoms with Gasteiger partial charge in [-0.3, -0.25) is 14.5 Å². The van der Waals surface area contributed by atoms with E-state index in [9.17, 15) is 9.59 Å². The van der Waals surface area contributed by atoms with Gasteiger partial charge >= 0.3 is 0 Å². The van der Waals surface area contributed by atoms with Gasteiger partial charge in [0.25, 0.3) is 0 Å². The first-order chi connectivity index (χ1) is 16.4. The zero-order valence-corrected chi connectivity index (χ0v) is 20.9. The van der Waals surface area contributed by atoms with E-state index in [1.165, 1.54) is 11.3 Å². The summed E-state index contributed by atoms with van der Waals surface area (Å²) in [5.74, 6) is 0.0112. The summed E-state index contributed by atoms with van der Waals surface area (Å²) in [5, 5.41) is 5.95. The molecule has 1 fully saturated rings. The topological polar surface area (TPSA) is 64.7 Å². The second-order valence-corrected chi connectivity index (χ2v) is 9.68. The fraction of sp³-hybridized carbons (Fsp3) is 0.500. The SMILES string of the molecule is Cc1cccc(N2CCN(CCCCNC(=O)C(NC(=O)CC(C)C)c3ccccc3)CC2)c1. The largest absolute Gasteiger partial charge is 0.369 e. The number of hydrogen-bond acceptors (Lipinski definition) is 4. The van der Waals surface area contributed by atoms with E-state index in [-0.39, 0.29) is 17.7 Å². The van der Waals surface area contributed by atoms with E-state index < -0.39 is 6.04 Å². The van der Waals surface area contributed by atoms with Gasteiger partial charge in [-0.25, -0.2) is 0 Å². The second kappa shape index (κ2) is 13.1. The number of nitrogens with zero attached hydrogens (tertiary/aromatic N) is 2. The summed E-state index contributed by atoms with van der Waals surface area (Å²) in [7, 11) is 0. The number of benzene rings is 2. The molecule has 2 aromatic rings. The van der Waals surface area contributed by atoms with Crippen LogP contribution >= 0.6 is 0 Å². The second-order valence-electron chi connectivity index (χ2n) is 9.68. The number of carbonyl (C=O) groups is 2.